The average Bonchev–Trinajstić information content (AvgIpc) is 2.39. The quantitative estimate of drug-likeness (QED) is 0.662. The second-order valence-corrected chi connectivity index (χ2v) is 6.58. The van der Waals surface area contributed by atoms with E-state index in [4.69, 9.17) is 16.3 Å². The summed E-state index contributed by atoms with van der Waals surface area (Å²) in [6, 6.07) is 5.05. The van der Waals surface area contributed by atoms with Crippen molar-refractivity contribution in [3.63, 3.8) is 0 Å². The van der Waals surface area contributed by atoms with Gasteiger partial charge in [-0.3, -0.25) is 0 Å². The number of hydrogen-bond donors (Lipinski definition) is 0. The summed E-state index contributed by atoms with van der Waals surface area (Å²) < 4.78 is 19.8. The lowest BCUT2D eigenvalue weighted by molar-refractivity contribution is 0.0777. The predicted molar refractivity (Wildman–Crippen MR) is 83.9 cm³/mol. The highest BCUT2D eigenvalue weighted by Crippen LogP contribution is 2.43. The van der Waals surface area contributed by atoms with Crippen LogP contribution in [0.3, 0.4) is 0 Å². The molecule has 2 aliphatic rings. The Morgan fingerprint density at radius 1 is 1.33 bits per heavy atom. The Kier molecular flexibility index (Phi) is 3.45. The Hall–Kier alpha value is -1.54. The molecule has 0 saturated heterocycles. The maximum Gasteiger partial charge on any atom is 0.142 e. The van der Waals surface area contributed by atoms with Crippen molar-refractivity contribution in [3.8, 4) is 0 Å². The summed E-state index contributed by atoms with van der Waals surface area (Å²) in [5, 5.41) is 0.160. The molecule has 0 radical (unpaired) electrons. The second kappa shape index (κ2) is 5.03. The maximum atomic E-state index is 13.8. The van der Waals surface area contributed by atoms with Gasteiger partial charge in [0.2, 0.25) is 0 Å². The first-order valence-corrected chi connectivity index (χ1v) is 7.50. The van der Waals surface area contributed by atoms with E-state index in [-0.39, 0.29) is 22.4 Å². The smallest absolute Gasteiger partial charge is 0.142 e. The van der Waals surface area contributed by atoms with E-state index in [0.29, 0.717) is 0 Å². The lowest BCUT2D eigenvalue weighted by Crippen LogP contribution is -2.28. The number of hydrogen-bond acceptors (Lipinski definition) is 1. The molecule has 1 aliphatic carbocycles. The van der Waals surface area contributed by atoms with Crippen molar-refractivity contribution >= 4 is 11.6 Å². The molecule has 110 valence electrons. The molecule has 0 saturated carbocycles. The second-order valence-electron chi connectivity index (χ2n) is 6.17. The summed E-state index contributed by atoms with van der Waals surface area (Å²) in [7, 11) is 0. The van der Waals surface area contributed by atoms with Gasteiger partial charge in [-0.05, 0) is 62.6 Å². The molecular weight excluding hydrogens is 287 g/mol. The summed E-state index contributed by atoms with van der Waals surface area (Å²) >= 11 is 5.79. The van der Waals surface area contributed by atoms with Gasteiger partial charge in [-0.2, -0.15) is 0 Å². The molecule has 3 heteroatoms. The molecule has 0 unspecified atom stereocenters. The Morgan fingerprint density at radius 3 is 2.81 bits per heavy atom. The molecule has 0 fully saturated rings. The van der Waals surface area contributed by atoms with Crippen LogP contribution in [-0.2, 0) is 4.74 Å². The lowest BCUT2D eigenvalue weighted by atomic mass is 9.79. The van der Waals surface area contributed by atoms with Gasteiger partial charge < -0.3 is 4.74 Å². The van der Waals surface area contributed by atoms with E-state index in [9.17, 15) is 4.39 Å². The highest BCUT2D eigenvalue weighted by atomic mass is 35.5. The van der Waals surface area contributed by atoms with Gasteiger partial charge in [0, 0.05) is 11.5 Å². The lowest BCUT2D eigenvalue weighted by Gasteiger charge is -2.36. The Balaban J connectivity index is 2.05. The molecule has 1 aromatic rings. The highest BCUT2D eigenvalue weighted by molar-refractivity contribution is 6.30. The molecule has 0 bridgehead atoms. The van der Waals surface area contributed by atoms with Crippen molar-refractivity contribution in [2.75, 3.05) is 0 Å². The van der Waals surface area contributed by atoms with Crippen molar-refractivity contribution in [2.24, 2.45) is 0 Å². The molecule has 0 spiro atoms. The van der Waals surface area contributed by atoms with Gasteiger partial charge in [0.25, 0.3) is 0 Å². The zero-order chi connectivity index (χ0) is 15.2. The SMILES string of the molecule is CC1=CC(C)(C)OC2=C1[C@@H](c1ccc(Cl)c(F)c1)CC=C2. The molecule has 0 amide bonds. The van der Waals surface area contributed by atoms with E-state index in [2.05, 4.69) is 19.1 Å². The third-order valence-corrected chi connectivity index (χ3v) is 4.27. The fourth-order valence-corrected chi connectivity index (χ4v) is 3.31. The molecule has 1 atom stereocenters. The summed E-state index contributed by atoms with van der Waals surface area (Å²) in [5.41, 5.74) is 2.98. The summed E-state index contributed by atoms with van der Waals surface area (Å²) in [6.45, 7) is 6.18. The maximum absolute atomic E-state index is 13.8. The topological polar surface area (TPSA) is 9.23 Å². The Morgan fingerprint density at radius 2 is 2.10 bits per heavy atom. The molecule has 1 aliphatic heterocycles. The monoisotopic (exact) mass is 304 g/mol. The van der Waals surface area contributed by atoms with Crippen LogP contribution in [0, 0.1) is 5.82 Å². The zero-order valence-corrected chi connectivity index (χ0v) is 13.2. The molecule has 21 heavy (non-hydrogen) atoms. The van der Waals surface area contributed by atoms with E-state index >= 15 is 0 Å². The van der Waals surface area contributed by atoms with Crippen LogP contribution in [0.5, 0.6) is 0 Å². The third kappa shape index (κ3) is 2.65. The van der Waals surface area contributed by atoms with Crippen LogP contribution >= 0.6 is 11.6 Å². The van der Waals surface area contributed by atoms with Gasteiger partial charge >= 0.3 is 0 Å². The molecular formula is C18H18ClFO. The average molecular weight is 305 g/mol. The van der Waals surface area contributed by atoms with Crippen molar-refractivity contribution in [2.45, 2.75) is 38.7 Å². The van der Waals surface area contributed by atoms with E-state index in [1.165, 1.54) is 11.6 Å². The van der Waals surface area contributed by atoms with E-state index in [0.717, 1.165) is 23.3 Å². The standard InChI is InChI=1S/C18H18ClFO/c1-11-10-18(2,3)21-16-6-4-5-13(17(11)16)12-7-8-14(19)15(20)9-12/h4,6-10,13H,5H2,1-3H3/t13-/m1/s1. The van der Waals surface area contributed by atoms with Crippen molar-refractivity contribution in [1.82, 2.24) is 0 Å². The number of rotatable bonds is 1. The summed E-state index contributed by atoms with van der Waals surface area (Å²) in [6.07, 6.45) is 7.08. The molecule has 0 N–H and O–H groups in total. The predicted octanol–water partition coefficient (Wildman–Crippen LogP) is 5.53. The van der Waals surface area contributed by atoms with Crippen LogP contribution in [0.1, 0.15) is 38.7 Å². The molecule has 1 nitrogen and oxygen atoms in total. The van der Waals surface area contributed by atoms with Crippen LogP contribution < -0.4 is 0 Å². The van der Waals surface area contributed by atoms with Gasteiger partial charge in [-0.15, -0.1) is 0 Å². The minimum Gasteiger partial charge on any atom is -0.483 e. The summed E-state index contributed by atoms with van der Waals surface area (Å²) in [4.78, 5) is 0. The Labute approximate surface area is 129 Å². The largest absolute Gasteiger partial charge is 0.483 e. The van der Waals surface area contributed by atoms with E-state index in [1.807, 2.05) is 26.0 Å². The van der Waals surface area contributed by atoms with Gasteiger partial charge in [0.15, 0.2) is 0 Å². The van der Waals surface area contributed by atoms with Gasteiger partial charge in [0.1, 0.15) is 17.2 Å². The highest BCUT2D eigenvalue weighted by Gasteiger charge is 2.32. The number of allylic oxidation sites excluding steroid dienone is 4. The van der Waals surface area contributed by atoms with Crippen molar-refractivity contribution in [3.05, 3.63) is 69.7 Å². The molecule has 3 rings (SSSR count). The van der Waals surface area contributed by atoms with Crippen LogP contribution in [0.4, 0.5) is 4.39 Å². The first-order chi connectivity index (χ1) is 9.87. The normalized spacial score (nSPS) is 23.5. The van der Waals surface area contributed by atoms with Crippen LogP contribution in [-0.4, -0.2) is 5.60 Å². The minimum absolute atomic E-state index is 0.115. The first-order valence-electron chi connectivity index (χ1n) is 7.12. The van der Waals surface area contributed by atoms with Gasteiger partial charge in [-0.1, -0.05) is 23.7 Å². The zero-order valence-electron chi connectivity index (χ0n) is 12.4. The first kappa shape index (κ1) is 14.4. The van der Waals surface area contributed by atoms with Gasteiger partial charge in [-0.25, -0.2) is 4.39 Å². The van der Waals surface area contributed by atoms with Crippen LogP contribution in [0.2, 0.25) is 5.02 Å². The fourth-order valence-electron chi connectivity index (χ4n) is 3.19. The number of ether oxygens (including phenoxy) is 1. The fraction of sp³-hybridized carbons (Fsp3) is 0.333. The van der Waals surface area contributed by atoms with Crippen LogP contribution in [0.15, 0.2) is 53.3 Å². The van der Waals surface area contributed by atoms with E-state index < -0.39 is 0 Å². The minimum atomic E-state index is -0.371. The molecule has 1 aromatic carbocycles. The number of benzene rings is 1. The molecule has 0 aromatic heterocycles. The van der Waals surface area contributed by atoms with E-state index in [1.54, 1.807) is 6.07 Å². The number of halogens is 2. The van der Waals surface area contributed by atoms with Crippen molar-refractivity contribution < 1.29 is 9.13 Å². The summed E-state index contributed by atoms with van der Waals surface area (Å²) in [5.74, 6) is 0.639. The Bertz CT molecular complexity index is 682. The van der Waals surface area contributed by atoms with Crippen molar-refractivity contribution in [1.29, 1.82) is 0 Å². The van der Waals surface area contributed by atoms with Crippen LogP contribution in [0.25, 0.3) is 0 Å². The third-order valence-electron chi connectivity index (χ3n) is 3.96. The van der Waals surface area contributed by atoms with Gasteiger partial charge in [0.05, 0.1) is 5.02 Å². The molecule has 1 heterocycles.